The molecule has 2 aliphatic rings. The summed E-state index contributed by atoms with van der Waals surface area (Å²) in [6.07, 6.45) is 3.00. The summed E-state index contributed by atoms with van der Waals surface area (Å²) in [7, 11) is 0. The largest absolute Gasteiger partial charge is 0.396 e. The summed E-state index contributed by atoms with van der Waals surface area (Å²) in [5.74, 6) is 1.06. The van der Waals surface area contributed by atoms with E-state index in [2.05, 4.69) is 19.8 Å². The standard InChI is InChI=1S/C17H28N6O2/c1-12-8-15(21-16(19)20-12)23-6-3-17(4-7-23)2-5-22(10-14(18)25)9-13(17)11-24/h8,13,24H,2-7,9-11H2,1H3,(H2,18,25)(H2,19,20,21). The van der Waals surface area contributed by atoms with E-state index in [1.807, 2.05) is 13.0 Å². The molecule has 8 nitrogen and oxygen atoms in total. The molecule has 1 amide bonds. The highest BCUT2D eigenvalue weighted by atomic mass is 16.3. The lowest BCUT2D eigenvalue weighted by molar-refractivity contribution is -0.120. The van der Waals surface area contributed by atoms with Gasteiger partial charge in [-0.15, -0.1) is 0 Å². The molecule has 1 atom stereocenters. The average Bonchev–Trinajstić information content (AvgIpc) is 2.56. The molecule has 1 unspecified atom stereocenters. The number of aliphatic hydroxyl groups is 1. The maximum Gasteiger partial charge on any atom is 0.231 e. The molecule has 0 saturated carbocycles. The highest BCUT2D eigenvalue weighted by Crippen LogP contribution is 2.45. The van der Waals surface area contributed by atoms with Gasteiger partial charge in [0.25, 0.3) is 0 Å². The van der Waals surface area contributed by atoms with Gasteiger partial charge in [-0.25, -0.2) is 4.98 Å². The Morgan fingerprint density at radius 2 is 2.00 bits per heavy atom. The Bertz CT molecular complexity index is 609. The van der Waals surface area contributed by atoms with Crippen LogP contribution in [0, 0.1) is 18.3 Å². The minimum Gasteiger partial charge on any atom is -0.396 e. The molecule has 1 aromatic heterocycles. The highest BCUT2D eigenvalue weighted by Gasteiger charge is 2.44. The number of hydrogen-bond acceptors (Lipinski definition) is 7. The molecule has 0 bridgehead atoms. The molecule has 3 rings (SSSR count). The third-order valence-electron chi connectivity index (χ3n) is 5.81. The van der Waals surface area contributed by atoms with Crippen molar-refractivity contribution in [3.8, 4) is 0 Å². The van der Waals surface area contributed by atoms with E-state index in [9.17, 15) is 9.90 Å². The van der Waals surface area contributed by atoms with Crippen LogP contribution in [0.3, 0.4) is 0 Å². The zero-order chi connectivity index (χ0) is 18.0. The van der Waals surface area contributed by atoms with Crippen LogP contribution in [0.4, 0.5) is 11.8 Å². The van der Waals surface area contributed by atoms with Crippen LogP contribution >= 0.6 is 0 Å². The number of aliphatic hydroxyl groups excluding tert-OH is 1. The van der Waals surface area contributed by atoms with Crippen molar-refractivity contribution in [2.24, 2.45) is 17.1 Å². The van der Waals surface area contributed by atoms with Crippen molar-refractivity contribution in [2.75, 3.05) is 50.0 Å². The monoisotopic (exact) mass is 348 g/mol. The quantitative estimate of drug-likeness (QED) is 0.686. The molecule has 0 radical (unpaired) electrons. The van der Waals surface area contributed by atoms with Crippen LogP contribution in [0.1, 0.15) is 25.0 Å². The van der Waals surface area contributed by atoms with Gasteiger partial charge in [-0.2, -0.15) is 4.98 Å². The molecule has 25 heavy (non-hydrogen) atoms. The van der Waals surface area contributed by atoms with Crippen molar-refractivity contribution in [1.29, 1.82) is 0 Å². The van der Waals surface area contributed by atoms with Gasteiger partial charge in [0.05, 0.1) is 6.54 Å². The number of nitrogens with zero attached hydrogens (tertiary/aromatic N) is 4. The molecule has 5 N–H and O–H groups in total. The predicted octanol–water partition coefficient (Wildman–Crippen LogP) is -0.247. The second-order valence-electron chi connectivity index (χ2n) is 7.41. The fourth-order valence-corrected chi connectivity index (χ4v) is 4.37. The molecular weight excluding hydrogens is 320 g/mol. The van der Waals surface area contributed by atoms with Gasteiger partial charge in [-0.1, -0.05) is 0 Å². The number of nitrogen functional groups attached to an aromatic ring is 1. The predicted molar refractivity (Wildman–Crippen MR) is 95.9 cm³/mol. The van der Waals surface area contributed by atoms with Crippen molar-refractivity contribution in [2.45, 2.75) is 26.2 Å². The van der Waals surface area contributed by atoms with Gasteiger partial charge >= 0.3 is 0 Å². The molecule has 8 heteroatoms. The van der Waals surface area contributed by atoms with Crippen LogP contribution in [-0.2, 0) is 4.79 Å². The summed E-state index contributed by atoms with van der Waals surface area (Å²) in [6.45, 7) is 5.72. The van der Waals surface area contributed by atoms with E-state index in [1.54, 1.807) is 0 Å². The van der Waals surface area contributed by atoms with Crippen molar-refractivity contribution in [3.63, 3.8) is 0 Å². The first-order valence-electron chi connectivity index (χ1n) is 8.89. The smallest absolute Gasteiger partial charge is 0.231 e. The normalized spacial score (nSPS) is 23.8. The number of aromatic nitrogens is 2. The van der Waals surface area contributed by atoms with Crippen LogP contribution in [-0.4, -0.2) is 65.2 Å². The summed E-state index contributed by atoms with van der Waals surface area (Å²) >= 11 is 0. The lowest BCUT2D eigenvalue weighted by atomic mass is 9.64. The van der Waals surface area contributed by atoms with Gasteiger partial charge in [0.1, 0.15) is 5.82 Å². The molecule has 0 aliphatic carbocycles. The zero-order valence-corrected chi connectivity index (χ0v) is 14.8. The van der Waals surface area contributed by atoms with Gasteiger partial charge in [-0.3, -0.25) is 9.69 Å². The Hall–Kier alpha value is -1.93. The summed E-state index contributed by atoms with van der Waals surface area (Å²) in [5, 5.41) is 9.92. The number of carbonyl (C=O) groups excluding carboxylic acids is 1. The average molecular weight is 348 g/mol. The number of rotatable bonds is 4. The lowest BCUT2D eigenvalue weighted by Crippen LogP contribution is -2.54. The molecular formula is C17H28N6O2. The Morgan fingerprint density at radius 1 is 1.32 bits per heavy atom. The van der Waals surface area contributed by atoms with Crippen LogP contribution in [0.5, 0.6) is 0 Å². The molecule has 1 spiro atoms. The van der Waals surface area contributed by atoms with E-state index in [-0.39, 0.29) is 30.4 Å². The van der Waals surface area contributed by atoms with Crippen molar-refractivity contribution in [3.05, 3.63) is 11.8 Å². The number of nitrogens with two attached hydrogens (primary N) is 2. The Morgan fingerprint density at radius 3 is 2.60 bits per heavy atom. The van der Waals surface area contributed by atoms with Gasteiger partial charge in [0, 0.05) is 43.9 Å². The van der Waals surface area contributed by atoms with Gasteiger partial charge in [-0.05, 0) is 38.1 Å². The van der Waals surface area contributed by atoms with Crippen molar-refractivity contribution >= 4 is 17.7 Å². The second-order valence-corrected chi connectivity index (χ2v) is 7.41. The third-order valence-corrected chi connectivity index (χ3v) is 5.81. The maximum absolute atomic E-state index is 11.2. The number of likely N-dealkylation sites (tertiary alicyclic amines) is 1. The number of hydrogen-bond donors (Lipinski definition) is 3. The molecule has 2 fully saturated rings. The number of amides is 1. The number of carbonyl (C=O) groups is 1. The Kier molecular flexibility index (Phi) is 5.10. The number of piperidine rings is 2. The number of aryl methyl sites for hydroxylation is 1. The summed E-state index contributed by atoms with van der Waals surface area (Å²) in [6, 6.07) is 1.97. The van der Waals surface area contributed by atoms with E-state index >= 15 is 0 Å². The minimum atomic E-state index is -0.306. The first-order chi connectivity index (χ1) is 11.9. The topological polar surface area (TPSA) is 122 Å². The van der Waals surface area contributed by atoms with E-state index in [0.717, 1.165) is 57.0 Å². The van der Waals surface area contributed by atoms with E-state index in [4.69, 9.17) is 11.5 Å². The minimum absolute atomic E-state index is 0.132. The fraction of sp³-hybridized carbons (Fsp3) is 0.706. The highest BCUT2D eigenvalue weighted by molar-refractivity contribution is 5.75. The third kappa shape index (κ3) is 3.85. The van der Waals surface area contributed by atoms with Gasteiger partial charge < -0.3 is 21.5 Å². The van der Waals surface area contributed by atoms with E-state index < -0.39 is 0 Å². The van der Waals surface area contributed by atoms with Crippen molar-refractivity contribution < 1.29 is 9.90 Å². The van der Waals surface area contributed by atoms with Gasteiger partial charge in [0.15, 0.2) is 0 Å². The number of anilines is 2. The van der Waals surface area contributed by atoms with Crippen LogP contribution < -0.4 is 16.4 Å². The molecule has 0 aromatic carbocycles. The summed E-state index contributed by atoms with van der Waals surface area (Å²) in [4.78, 5) is 24.0. The maximum atomic E-state index is 11.2. The molecule has 2 saturated heterocycles. The summed E-state index contributed by atoms with van der Waals surface area (Å²) < 4.78 is 0. The molecule has 2 aliphatic heterocycles. The second kappa shape index (κ2) is 7.13. The van der Waals surface area contributed by atoms with Crippen LogP contribution in [0.15, 0.2) is 6.07 Å². The van der Waals surface area contributed by atoms with E-state index in [1.165, 1.54) is 0 Å². The zero-order valence-electron chi connectivity index (χ0n) is 14.8. The molecule has 3 heterocycles. The SMILES string of the molecule is Cc1cc(N2CCC3(CCN(CC(N)=O)CC3CO)CC2)nc(N)n1. The first-order valence-corrected chi connectivity index (χ1v) is 8.89. The number of primary amides is 1. The fourth-order valence-electron chi connectivity index (χ4n) is 4.37. The van der Waals surface area contributed by atoms with Gasteiger partial charge in [0.2, 0.25) is 11.9 Å². The molecule has 138 valence electrons. The Balaban J connectivity index is 1.66. The summed E-state index contributed by atoms with van der Waals surface area (Å²) in [5.41, 5.74) is 12.1. The van der Waals surface area contributed by atoms with Crippen LogP contribution in [0.2, 0.25) is 0 Å². The first kappa shape index (κ1) is 17.9. The van der Waals surface area contributed by atoms with Crippen molar-refractivity contribution in [1.82, 2.24) is 14.9 Å². The van der Waals surface area contributed by atoms with Crippen LogP contribution in [0.25, 0.3) is 0 Å². The van der Waals surface area contributed by atoms with E-state index in [0.29, 0.717) is 5.95 Å². The Labute approximate surface area is 148 Å². The lowest BCUT2D eigenvalue weighted by Gasteiger charge is -2.51. The molecule has 1 aromatic rings.